The number of sulfonamides is 1. The standard InChI is InChI=1S/C24H22FN5O4S2/c1-16-12-17-13-18(25)2-7-21(17)30(16)15-22(31)28-9-10-29(23(32)14-28)19-3-5-20(6-4-19)36(33,34)27-24-26-8-11-35-24/h2-8,11-13H,9-10,14-15H2,1H3,(H,26,27). The molecule has 2 aromatic heterocycles. The number of halogens is 1. The van der Waals surface area contributed by atoms with Crippen LogP contribution in [0.2, 0.25) is 0 Å². The van der Waals surface area contributed by atoms with Gasteiger partial charge in [0.1, 0.15) is 18.9 Å². The van der Waals surface area contributed by atoms with Gasteiger partial charge in [-0.05, 0) is 55.5 Å². The number of fused-ring (bicyclic) bond motifs is 1. The molecule has 0 atom stereocenters. The van der Waals surface area contributed by atoms with Gasteiger partial charge in [-0.2, -0.15) is 0 Å². The largest absolute Gasteiger partial charge is 0.335 e. The molecule has 1 saturated heterocycles. The summed E-state index contributed by atoms with van der Waals surface area (Å²) < 4.78 is 42.8. The van der Waals surface area contributed by atoms with Crippen LogP contribution in [-0.4, -0.2) is 54.3 Å². The minimum absolute atomic E-state index is 0.0485. The highest BCUT2D eigenvalue weighted by molar-refractivity contribution is 7.93. The predicted molar refractivity (Wildman–Crippen MR) is 135 cm³/mol. The van der Waals surface area contributed by atoms with E-state index in [0.29, 0.717) is 17.6 Å². The molecular weight excluding hydrogens is 505 g/mol. The van der Waals surface area contributed by atoms with Crippen LogP contribution in [0.25, 0.3) is 10.9 Å². The first-order chi connectivity index (χ1) is 17.2. The second-order valence-electron chi connectivity index (χ2n) is 8.37. The van der Waals surface area contributed by atoms with Crippen LogP contribution in [0.4, 0.5) is 15.2 Å². The first-order valence-electron chi connectivity index (χ1n) is 11.1. The molecule has 0 radical (unpaired) electrons. The Balaban J connectivity index is 1.25. The van der Waals surface area contributed by atoms with Gasteiger partial charge in [0.25, 0.3) is 10.0 Å². The van der Waals surface area contributed by atoms with Gasteiger partial charge in [0.2, 0.25) is 11.8 Å². The average Bonchev–Trinajstić information content (AvgIpc) is 3.45. The topological polar surface area (TPSA) is 105 Å². The van der Waals surface area contributed by atoms with Crippen LogP contribution in [0.3, 0.4) is 0 Å². The van der Waals surface area contributed by atoms with Crippen molar-refractivity contribution in [2.45, 2.75) is 18.4 Å². The van der Waals surface area contributed by atoms with E-state index in [1.165, 1.54) is 51.6 Å². The van der Waals surface area contributed by atoms with Crippen molar-refractivity contribution < 1.29 is 22.4 Å². The quantitative estimate of drug-likeness (QED) is 0.415. The zero-order valence-electron chi connectivity index (χ0n) is 19.2. The fraction of sp³-hybridized carbons (Fsp3) is 0.208. The molecule has 1 N–H and O–H groups in total. The van der Waals surface area contributed by atoms with E-state index < -0.39 is 10.0 Å². The van der Waals surface area contributed by atoms with Crippen molar-refractivity contribution in [3.8, 4) is 0 Å². The van der Waals surface area contributed by atoms with Crippen LogP contribution in [0.5, 0.6) is 0 Å². The normalized spacial score (nSPS) is 14.4. The molecule has 0 unspecified atom stereocenters. The third kappa shape index (κ3) is 4.69. The number of piperazine rings is 1. The highest BCUT2D eigenvalue weighted by Gasteiger charge is 2.29. The summed E-state index contributed by atoms with van der Waals surface area (Å²) in [7, 11) is -3.79. The first kappa shape index (κ1) is 23.9. The number of hydrogen-bond acceptors (Lipinski definition) is 6. The number of nitrogens with one attached hydrogen (secondary N) is 1. The number of benzene rings is 2. The summed E-state index contributed by atoms with van der Waals surface area (Å²) in [4.78, 5) is 32.9. The van der Waals surface area contributed by atoms with Crippen LogP contribution < -0.4 is 9.62 Å². The number of aryl methyl sites for hydroxylation is 1. The number of amides is 2. The lowest BCUT2D eigenvalue weighted by Crippen LogP contribution is -2.53. The average molecular weight is 528 g/mol. The van der Waals surface area contributed by atoms with E-state index in [4.69, 9.17) is 0 Å². The highest BCUT2D eigenvalue weighted by atomic mass is 32.2. The third-order valence-electron chi connectivity index (χ3n) is 6.05. The monoisotopic (exact) mass is 527 g/mol. The summed E-state index contributed by atoms with van der Waals surface area (Å²) >= 11 is 1.17. The molecule has 186 valence electrons. The molecule has 2 aromatic carbocycles. The maximum Gasteiger partial charge on any atom is 0.263 e. The van der Waals surface area contributed by atoms with Crippen LogP contribution >= 0.6 is 11.3 Å². The Bertz CT molecular complexity index is 1550. The van der Waals surface area contributed by atoms with E-state index in [0.717, 1.165) is 11.2 Å². The predicted octanol–water partition coefficient (Wildman–Crippen LogP) is 3.22. The number of aromatic nitrogens is 2. The number of thiazole rings is 1. The summed E-state index contributed by atoms with van der Waals surface area (Å²) in [5.74, 6) is -0.806. The van der Waals surface area contributed by atoms with Crippen molar-refractivity contribution in [2.24, 2.45) is 0 Å². The molecular formula is C24H22FN5O4S2. The Hall–Kier alpha value is -3.77. The van der Waals surface area contributed by atoms with Gasteiger partial charge in [-0.15, -0.1) is 11.3 Å². The molecule has 36 heavy (non-hydrogen) atoms. The Morgan fingerprint density at radius 3 is 2.61 bits per heavy atom. The molecule has 0 bridgehead atoms. The van der Waals surface area contributed by atoms with Crippen molar-refractivity contribution in [2.75, 3.05) is 29.3 Å². The molecule has 12 heteroatoms. The molecule has 1 fully saturated rings. The SMILES string of the molecule is Cc1cc2cc(F)ccc2n1CC(=O)N1CCN(c2ccc(S(=O)(=O)Nc3nccs3)cc2)C(=O)C1. The van der Waals surface area contributed by atoms with Crippen molar-refractivity contribution in [1.82, 2.24) is 14.5 Å². The lowest BCUT2D eigenvalue weighted by molar-refractivity contribution is -0.137. The smallest absolute Gasteiger partial charge is 0.263 e. The van der Waals surface area contributed by atoms with Gasteiger partial charge in [0, 0.05) is 47.0 Å². The molecule has 3 heterocycles. The zero-order valence-corrected chi connectivity index (χ0v) is 20.9. The van der Waals surface area contributed by atoms with Crippen molar-refractivity contribution in [1.29, 1.82) is 0 Å². The molecule has 2 amide bonds. The fourth-order valence-corrected chi connectivity index (χ4v) is 6.03. The van der Waals surface area contributed by atoms with Gasteiger partial charge in [-0.25, -0.2) is 17.8 Å². The molecule has 0 aliphatic carbocycles. The van der Waals surface area contributed by atoms with Crippen LogP contribution in [0.1, 0.15) is 5.69 Å². The Kier molecular flexibility index (Phi) is 6.22. The third-order valence-corrected chi connectivity index (χ3v) is 8.22. The molecule has 0 spiro atoms. The Morgan fingerprint density at radius 1 is 1.14 bits per heavy atom. The molecule has 1 aliphatic rings. The summed E-state index contributed by atoms with van der Waals surface area (Å²) in [6.07, 6.45) is 1.50. The number of rotatable bonds is 6. The van der Waals surface area contributed by atoms with Crippen LogP contribution in [0, 0.1) is 12.7 Å². The number of anilines is 2. The van der Waals surface area contributed by atoms with Gasteiger partial charge >= 0.3 is 0 Å². The minimum Gasteiger partial charge on any atom is -0.335 e. The van der Waals surface area contributed by atoms with Crippen molar-refractivity contribution in [3.05, 3.63) is 71.6 Å². The van der Waals surface area contributed by atoms with E-state index in [9.17, 15) is 22.4 Å². The maximum atomic E-state index is 13.5. The molecule has 0 saturated carbocycles. The van der Waals surface area contributed by atoms with Gasteiger partial charge < -0.3 is 14.4 Å². The number of nitrogens with zero attached hydrogens (tertiary/aromatic N) is 4. The summed E-state index contributed by atoms with van der Waals surface area (Å²) in [6.45, 7) is 2.43. The summed E-state index contributed by atoms with van der Waals surface area (Å²) in [6, 6.07) is 12.3. The zero-order chi connectivity index (χ0) is 25.4. The van der Waals surface area contributed by atoms with Gasteiger partial charge in [-0.1, -0.05) is 0 Å². The number of carbonyl (C=O) groups is 2. The van der Waals surface area contributed by atoms with Gasteiger partial charge in [-0.3, -0.25) is 14.3 Å². The second kappa shape index (κ2) is 9.36. The molecule has 9 nitrogen and oxygen atoms in total. The molecule has 5 rings (SSSR count). The van der Waals surface area contributed by atoms with Crippen LogP contribution in [-0.2, 0) is 26.2 Å². The minimum atomic E-state index is -3.79. The van der Waals surface area contributed by atoms with Crippen LogP contribution in [0.15, 0.2) is 65.0 Å². The Labute approximate surface area is 210 Å². The summed E-state index contributed by atoms with van der Waals surface area (Å²) in [5.41, 5.74) is 2.13. The van der Waals surface area contributed by atoms with Crippen molar-refractivity contribution in [3.63, 3.8) is 0 Å². The highest BCUT2D eigenvalue weighted by Crippen LogP contribution is 2.24. The van der Waals surface area contributed by atoms with E-state index in [1.54, 1.807) is 23.6 Å². The van der Waals surface area contributed by atoms with E-state index in [1.807, 2.05) is 17.6 Å². The maximum absolute atomic E-state index is 13.5. The Morgan fingerprint density at radius 2 is 1.92 bits per heavy atom. The van der Waals surface area contributed by atoms with Gasteiger partial charge in [0.05, 0.1) is 4.90 Å². The lowest BCUT2D eigenvalue weighted by Gasteiger charge is -2.34. The number of hydrogen-bond donors (Lipinski definition) is 1. The summed E-state index contributed by atoms with van der Waals surface area (Å²) in [5, 5.41) is 2.65. The van der Waals surface area contributed by atoms with Gasteiger partial charge in [0.15, 0.2) is 5.13 Å². The fourth-order valence-electron chi connectivity index (χ4n) is 4.24. The molecule has 1 aliphatic heterocycles. The molecule has 4 aromatic rings. The lowest BCUT2D eigenvalue weighted by atomic mass is 10.2. The second-order valence-corrected chi connectivity index (χ2v) is 10.9. The number of carbonyl (C=O) groups excluding carboxylic acids is 2. The van der Waals surface area contributed by atoms with Crippen molar-refractivity contribution >= 4 is 54.9 Å². The van der Waals surface area contributed by atoms with E-state index >= 15 is 0 Å². The first-order valence-corrected chi connectivity index (χ1v) is 13.4. The van der Waals surface area contributed by atoms with E-state index in [-0.39, 0.29) is 47.3 Å². The van der Waals surface area contributed by atoms with E-state index in [2.05, 4.69) is 9.71 Å².